The van der Waals surface area contributed by atoms with Crippen molar-refractivity contribution in [1.82, 2.24) is 4.31 Å². The minimum atomic E-state index is -3.90. The van der Waals surface area contributed by atoms with Gasteiger partial charge in [-0.15, -0.1) is 11.8 Å². The summed E-state index contributed by atoms with van der Waals surface area (Å²) in [7, 11) is -3.90. The first-order chi connectivity index (χ1) is 15.8. The molecule has 1 aliphatic carbocycles. The van der Waals surface area contributed by atoms with E-state index in [0.29, 0.717) is 30.6 Å². The molecule has 2 heterocycles. The summed E-state index contributed by atoms with van der Waals surface area (Å²) in [6.45, 7) is 2.03. The number of nitrogens with zero attached hydrogens (tertiary/aromatic N) is 1. The summed E-state index contributed by atoms with van der Waals surface area (Å²) < 4.78 is 30.9. The van der Waals surface area contributed by atoms with Crippen LogP contribution in [0.1, 0.15) is 84.8 Å². The summed E-state index contributed by atoms with van der Waals surface area (Å²) >= 11 is 1.35. The number of fused-ring (bicyclic) bond motifs is 1. The second-order valence-electron chi connectivity index (χ2n) is 8.63. The van der Waals surface area contributed by atoms with E-state index < -0.39 is 21.2 Å². The van der Waals surface area contributed by atoms with Crippen molar-refractivity contribution >= 4 is 22.0 Å². The average molecular weight is 491 g/mol. The van der Waals surface area contributed by atoms with Gasteiger partial charge < -0.3 is 9.52 Å². The molecule has 2 aliphatic rings. The Bertz CT molecular complexity index is 1210. The zero-order chi connectivity index (χ0) is 23.6. The van der Waals surface area contributed by atoms with Gasteiger partial charge in [-0.2, -0.15) is 8.42 Å². The summed E-state index contributed by atoms with van der Waals surface area (Å²) in [6, 6.07) is 7.50. The Labute approximate surface area is 198 Å². The van der Waals surface area contributed by atoms with Gasteiger partial charge in [0.2, 0.25) is 0 Å². The van der Waals surface area contributed by atoms with Crippen molar-refractivity contribution in [2.45, 2.75) is 69.6 Å². The van der Waals surface area contributed by atoms with Crippen molar-refractivity contribution in [1.29, 1.82) is 0 Å². The largest absolute Gasteiger partial charge is 0.507 e. The lowest BCUT2D eigenvalue weighted by atomic mass is 9.85. The molecular formula is C24H30N2O5S2. The number of nitrogens with two attached hydrogens (primary N) is 1. The van der Waals surface area contributed by atoms with Crippen LogP contribution in [0.3, 0.4) is 0 Å². The Morgan fingerprint density at radius 2 is 2.00 bits per heavy atom. The number of rotatable bonds is 6. The third kappa shape index (κ3) is 5.00. The van der Waals surface area contributed by atoms with E-state index in [1.54, 1.807) is 5.41 Å². The second-order valence-corrected chi connectivity index (χ2v) is 11.1. The number of aryl methyl sites for hydroxylation is 1. The van der Waals surface area contributed by atoms with Crippen LogP contribution in [0.4, 0.5) is 0 Å². The van der Waals surface area contributed by atoms with Crippen molar-refractivity contribution in [2.75, 3.05) is 0 Å². The molecule has 178 valence electrons. The molecular weight excluding hydrogens is 460 g/mol. The first-order valence-corrected chi connectivity index (χ1v) is 13.9. The topological polar surface area (TPSA) is 114 Å². The predicted molar refractivity (Wildman–Crippen MR) is 130 cm³/mol. The molecule has 4 rings (SSSR count). The molecule has 9 heteroatoms. The molecule has 0 fully saturated rings. The van der Waals surface area contributed by atoms with Gasteiger partial charge in [0.1, 0.15) is 16.9 Å². The maximum absolute atomic E-state index is 13.1. The van der Waals surface area contributed by atoms with Crippen LogP contribution in [0.2, 0.25) is 0 Å². The molecule has 0 radical (unpaired) electrons. The number of thioether (sulfide) groups is 1. The van der Waals surface area contributed by atoms with Crippen LogP contribution < -0.4 is 10.8 Å². The Morgan fingerprint density at radius 1 is 1.24 bits per heavy atom. The van der Waals surface area contributed by atoms with Gasteiger partial charge in [0.25, 0.3) is 10.2 Å². The van der Waals surface area contributed by atoms with Crippen LogP contribution >= 0.6 is 11.8 Å². The number of benzene rings is 1. The fourth-order valence-electron chi connectivity index (χ4n) is 4.77. The van der Waals surface area contributed by atoms with E-state index in [1.165, 1.54) is 18.0 Å². The van der Waals surface area contributed by atoms with Gasteiger partial charge in [-0.3, -0.25) is 0 Å². The minimum absolute atomic E-state index is 0.0649. The van der Waals surface area contributed by atoms with Gasteiger partial charge in [-0.1, -0.05) is 50.5 Å². The quantitative estimate of drug-likeness (QED) is 0.609. The highest BCUT2D eigenvalue weighted by Crippen LogP contribution is 2.42. The van der Waals surface area contributed by atoms with Gasteiger partial charge in [0, 0.05) is 24.1 Å². The summed E-state index contributed by atoms with van der Waals surface area (Å²) in [4.78, 5) is 13.1. The summed E-state index contributed by atoms with van der Waals surface area (Å²) in [5.41, 5.74) is 2.17. The molecule has 0 amide bonds. The van der Waals surface area contributed by atoms with Crippen LogP contribution in [0, 0.1) is 0 Å². The molecule has 1 aliphatic heterocycles. The van der Waals surface area contributed by atoms with Crippen molar-refractivity contribution in [3.05, 3.63) is 74.3 Å². The smallest absolute Gasteiger partial charge is 0.343 e. The van der Waals surface area contributed by atoms with Crippen molar-refractivity contribution in [2.24, 2.45) is 5.14 Å². The molecule has 1 aromatic heterocycles. The Hall–Kier alpha value is -2.23. The zero-order valence-electron chi connectivity index (χ0n) is 18.7. The fourth-order valence-corrected chi connectivity index (χ4v) is 6.82. The van der Waals surface area contributed by atoms with Gasteiger partial charge >= 0.3 is 5.63 Å². The Kier molecular flexibility index (Phi) is 7.21. The van der Waals surface area contributed by atoms with Crippen molar-refractivity contribution in [3.63, 3.8) is 0 Å². The lowest BCUT2D eigenvalue weighted by Crippen LogP contribution is -2.32. The molecule has 1 aromatic carbocycles. The molecule has 7 nitrogen and oxygen atoms in total. The van der Waals surface area contributed by atoms with Crippen LogP contribution in [0.5, 0.6) is 5.75 Å². The molecule has 0 bridgehead atoms. The number of hydrogen-bond donors (Lipinski definition) is 2. The van der Waals surface area contributed by atoms with Crippen molar-refractivity contribution < 1.29 is 17.9 Å². The van der Waals surface area contributed by atoms with Crippen LogP contribution in [0.25, 0.3) is 0 Å². The maximum Gasteiger partial charge on any atom is 0.343 e. The molecule has 3 N–H and O–H groups in total. The second kappa shape index (κ2) is 9.95. The molecule has 0 spiro atoms. The summed E-state index contributed by atoms with van der Waals surface area (Å²) in [5, 5.41) is 17.8. The SMILES string of the molecule is CCCC(c1cccc(C2SC=CN2S(N)(=O)=O)c1)c1c(O)c2c(oc1=O)CCCCCC2. The normalized spacial score (nSPS) is 19.7. The lowest BCUT2D eigenvalue weighted by Gasteiger charge is -2.25. The van der Waals surface area contributed by atoms with E-state index in [9.17, 15) is 18.3 Å². The maximum atomic E-state index is 13.1. The third-order valence-corrected chi connectivity index (χ3v) is 8.45. The third-order valence-electron chi connectivity index (χ3n) is 6.36. The van der Waals surface area contributed by atoms with Crippen LogP contribution in [-0.2, 0) is 23.1 Å². The van der Waals surface area contributed by atoms with Gasteiger partial charge in [0.15, 0.2) is 0 Å². The standard InChI is InChI=1S/C24H30N2O5S2/c1-2-8-18(21-22(27)19-11-5-3-4-6-12-20(19)31-24(21)28)16-9-7-10-17(15-16)23-26(13-14-32-23)33(25,29)30/h7,9-10,13-15,18,23,27H,2-6,8,11-12H2,1H3,(H2,25,29,30). The fraction of sp³-hybridized carbons (Fsp3) is 0.458. The first kappa shape index (κ1) is 23.9. The molecule has 2 unspecified atom stereocenters. The van der Waals surface area contributed by atoms with E-state index in [-0.39, 0.29) is 11.7 Å². The summed E-state index contributed by atoms with van der Waals surface area (Å²) in [5.74, 6) is 0.321. The van der Waals surface area contributed by atoms with Gasteiger partial charge in [0.05, 0.1) is 5.56 Å². The van der Waals surface area contributed by atoms with E-state index >= 15 is 0 Å². The van der Waals surface area contributed by atoms with E-state index in [4.69, 9.17) is 9.56 Å². The van der Waals surface area contributed by atoms with Gasteiger partial charge in [-0.25, -0.2) is 14.2 Å². The summed E-state index contributed by atoms with van der Waals surface area (Å²) in [6.07, 6.45) is 8.37. The zero-order valence-corrected chi connectivity index (χ0v) is 20.3. The molecule has 33 heavy (non-hydrogen) atoms. The Morgan fingerprint density at radius 3 is 2.73 bits per heavy atom. The molecule has 0 saturated heterocycles. The van der Waals surface area contributed by atoms with Crippen LogP contribution in [-0.4, -0.2) is 17.8 Å². The average Bonchev–Trinajstić information content (AvgIpc) is 3.25. The highest BCUT2D eigenvalue weighted by atomic mass is 32.2. The highest BCUT2D eigenvalue weighted by molar-refractivity contribution is 8.03. The van der Waals surface area contributed by atoms with E-state index in [0.717, 1.165) is 53.1 Å². The number of hydrogen-bond acceptors (Lipinski definition) is 6. The van der Waals surface area contributed by atoms with E-state index in [1.807, 2.05) is 31.2 Å². The Balaban J connectivity index is 1.77. The lowest BCUT2D eigenvalue weighted by molar-refractivity contribution is 0.383. The molecule has 2 aromatic rings. The predicted octanol–water partition coefficient (Wildman–Crippen LogP) is 4.66. The first-order valence-electron chi connectivity index (χ1n) is 11.4. The van der Waals surface area contributed by atoms with E-state index in [2.05, 4.69) is 0 Å². The monoisotopic (exact) mass is 490 g/mol. The van der Waals surface area contributed by atoms with Gasteiger partial charge in [-0.05, 0) is 42.2 Å². The molecule has 2 atom stereocenters. The highest BCUT2D eigenvalue weighted by Gasteiger charge is 2.31. The minimum Gasteiger partial charge on any atom is -0.507 e. The number of aromatic hydroxyl groups is 1. The van der Waals surface area contributed by atoms with Crippen LogP contribution in [0.15, 0.2) is 45.1 Å². The van der Waals surface area contributed by atoms with Crippen molar-refractivity contribution in [3.8, 4) is 5.75 Å². The molecule has 0 saturated carbocycles.